The smallest absolute Gasteiger partial charge is 0.278 e. The lowest BCUT2D eigenvalue weighted by molar-refractivity contribution is 0.990. The molecule has 8 nitrogen and oxygen atoms in total. The molecule has 0 saturated heterocycles. The second-order valence-electron chi connectivity index (χ2n) is 3.64. The fourth-order valence-corrected chi connectivity index (χ4v) is 2.35. The average Bonchev–Trinajstić information content (AvgIpc) is 2.92. The molecule has 3 heterocycles. The van der Waals surface area contributed by atoms with E-state index in [9.17, 15) is 4.79 Å². The summed E-state index contributed by atoms with van der Waals surface area (Å²) < 4.78 is 3.88. The minimum Gasteiger partial charge on any atom is -0.369 e. The number of rotatable bonds is 2. The molecule has 0 spiro atoms. The molecule has 0 bridgehead atoms. The quantitative estimate of drug-likeness (QED) is 0.610. The molecule has 0 aliphatic heterocycles. The van der Waals surface area contributed by atoms with Crippen molar-refractivity contribution in [1.82, 2.24) is 29.5 Å². The maximum atomic E-state index is 11.7. The van der Waals surface area contributed by atoms with Crippen molar-refractivity contribution in [3.63, 3.8) is 0 Å². The van der Waals surface area contributed by atoms with Crippen LogP contribution < -0.4 is 11.3 Å². The number of nitrogens with zero attached hydrogens (tertiary/aromatic N) is 4. The number of anilines is 1. The van der Waals surface area contributed by atoms with E-state index >= 15 is 0 Å². The number of nitrogens with one attached hydrogen (secondary N) is 2. The van der Waals surface area contributed by atoms with Crippen LogP contribution in [0.2, 0.25) is 0 Å². The van der Waals surface area contributed by atoms with Gasteiger partial charge in [0.1, 0.15) is 4.88 Å². The van der Waals surface area contributed by atoms with E-state index in [0.29, 0.717) is 17.0 Å². The molecule has 3 aromatic heterocycles. The summed E-state index contributed by atoms with van der Waals surface area (Å²) >= 11 is 1.23. The van der Waals surface area contributed by atoms with Crippen molar-refractivity contribution in [3.8, 4) is 10.7 Å². The third-order valence-electron chi connectivity index (χ3n) is 2.49. The standard InChI is InChI=1S/C9H9N7OS/c1-2-3-5(18-16-15-3)7-11-4-6(12-7)13-9(10)14-8(4)17/h2H2,1H3,(H4,10,11,12,13,14,17). The van der Waals surface area contributed by atoms with Crippen LogP contribution in [0.25, 0.3) is 21.9 Å². The van der Waals surface area contributed by atoms with Crippen LogP contribution in [0.5, 0.6) is 0 Å². The molecule has 0 fully saturated rings. The number of H-pyrrole nitrogens is 2. The lowest BCUT2D eigenvalue weighted by Crippen LogP contribution is -2.10. The van der Waals surface area contributed by atoms with Gasteiger partial charge in [-0.15, -0.1) is 5.10 Å². The Kier molecular flexibility index (Phi) is 2.33. The van der Waals surface area contributed by atoms with Crippen LogP contribution in [0.4, 0.5) is 5.95 Å². The van der Waals surface area contributed by atoms with Gasteiger partial charge >= 0.3 is 0 Å². The number of fused-ring (bicyclic) bond motifs is 1. The Morgan fingerprint density at radius 2 is 2.17 bits per heavy atom. The first-order valence-corrected chi connectivity index (χ1v) is 6.03. The topological polar surface area (TPSA) is 126 Å². The molecule has 3 aromatic rings. The highest BCUT2D eigenvalue weighted by Crippen LogP contribution is 2.24. The summed E-state index contributed by atoms with van der Waals surface area (Å²) in [6.45, 7) is 1.98. The Morgan fingerprint density at radius 1 is 1.33 bits per heavy atom. The predicted octanol–water partition coefficient (Wildman–Crippen LogP) is 0.309. The second-order valence-corrected chi connectivity index (χ2v) is 4.39. The van der Waals surface area contributed by atoms with Crippen LogP contribution >= 0.6 is 11.5 Å². The summed E-state index contributed by atoms with van der Waals surface area (Å²) in [6.07, 6.45) is 0.745. The first-order chi connectivity index (χ1) is 8.69. The molecule has 0 radical (unpaired) electrons. The van der Waals surface area contributed by atoms with Gasteiger partial charge in [-0.2, -0.15) is 4.98 Å². The summed E-state index contributed by atoms with van der Waals surface area (Å²) in [7, 11) is 0. The summed E-state index contributed by atoms with van der Waals surface area (Å²) in [6, 6.07) is 0. The Hall–Kier alpha value is -2.29. The Bertz CT molecular complexity index is 771. The van der Waals surface area contributed by atoms with Crippen molar-refractivity contribution < 1.29 is 0 Å². The van der Waals surface area contributed by atoms with Gasteiger partial charge in [-0.3, -0.25) is 9.78 Å². The fourth-order valence-electron chi connectivity index (χ4n) is 1.65. The van der Waals surface area contributed by atoms with Crippen LogP contribution in [-0.4, -0.2) is 29.5 Å². The van der Waals surface area contributed by atoms with Gasteiger partial charge in [-0.25, -0.2) is 4.98 Å². The summed E-state index contributed by atoms with van der Waals surface area (Å²) in [5, 5.41) is 4.00. The number of nitrogen functional groups attached to an aromatic ring is 1. The molecule has 9 heteroatoms. The normalized spacial score (nSPS) is 11.2. The zero-order valence-electron chi connectivity index (χ0n) is 9.39. The number of hydrogen-bond donors (Lipinski definition) is 3. The van der Waals surface area contributed by atoms with Crippen molar-refractivity contribution in [1.29, 1.82) is 0 Å². The van der Waals surface area contributed by atoms with E-state index in [1.54, 1.807) is 0 Å². The molecule has 0 atom stereocenters. The Balaban J connectivity index is 2.26. The molecule has 0 aliphatic rings. The van der Waals surface area contributed by atoms with Crippen molar-refractivity contribution in [3.05, 3.63) is 16.0 Å². The molecule has 0 unspecified atom stereocenters. The molecule has 3 rings (SSSR count). The van der Waals surface area contributed by atoms with Crippen LogP contribution in [0.1, 0.15) is 12.6 Å². The predicted molar refractivity (Wildman–Crippen MR) is 67.2 cm³/mol. The highest BCUT2D eigenvalue weighted by atomic mass is 32.1. The van der Waals surface area contributed by atoms with Crippen molar-refractivity contribution in [2.75, 3.05) is 5.73 Å². The first kappa shape index (κ1) is 10.8. The zero-order chi connectivity index (χ0) is 12.7. The molecular weight excluding hydrogens is 254 g/mol. The third kappa shape index (κ3) is 1.56. The van der Waals surface area contributed by atoms with Crippen molar-refractivity contribution >= 4 is 28.6 Å². The van der Waals surface area contributed by atoms with Gasteiger partial charge in [0.15, 0.2) is 17.0 Å². The minimum atomic E-state index is -0.341. The van der Waals surface area contributed by atoms with E-state index in [1.807, 2.05) is 6.92 Å². The Labute approximate surface area is 104 Å². The molecule has 0 saturated carbocycles. The maximum Gasteiger partial charge on any atom is 0.278 e. The highest BCUT2D eigenvalue weighted by Gasteiger charge is 2.15. The van der Waals surface area contributed by atoms with Crippen molar-refractivity contribution in [2.45, 2.75) is 13.3 Å². The number of aryl methyl sites for hydroxylation is 1. The lowest BCUT2D eigenvalue weighted by Gasteiger charge is -1.91. The molecule has 4 N–H and O–H groups in total. The maximum absolute atomic E-state index is 11.7. The van der Waals surface area contributed by atoms with Gasteiger partial charge in [0.2, 0.25) is 5.95 Å². The lowest BCUT2D eigenvalue weighted by atomic mass is 10.3. The van der Waals surface area contributed by atoms with Gasteiger partial charge in [0.05, 0.1) is 5.69 Å². The van der Waals surface area contributed by atoms with Gasteiger partial charge in [-0.05, 0) is 18.0 Å². The van der Waals surface area contributed by atoms with E-state index in [4.69, 9.17) is 5.73 Å². The number of aromatic nitrogens is 6. The molecule has 0 amide bonds. The number of imidazole rings is 1. The average molecular weight is 263 g/mol. The van der Waals surface area contributed by atoms with Crippen LogP contribution in [0.15, 0.2) is 4.79 Å². The highest BCUT2D eigenvalue weighted by molar-refractivity contribution is 7.09. The summed E-state index contributed by atoms with van der Waals surface area (Å²) in [5.41, 5.74) is 6.56. The van der Waals surface area contributed by atoms with E-state index < -0.39 is 0 Å². The SMILES string of the molecule is CCc1nnsc1-c1nc2nc(N)[nH]c(=O)c2[nH]1. The number of hydrogen-bond acceptors (Lipinski definition) is 7. The molecule has 0 aromatic carbocycles. The monoisotopic (exact) mass is 263 g/mol. The molecule has 0 aliphatic carbocycles. The van der Waals surface area contributed by atoms with Gasteiger partial charge in [0.25, 0.3) is 5.56 Å². The van der Waals surface area contributed by atoms with E-state index in [0.717, 1.165) is 17.0 Å². The zero-order valence-corrected chi connectivity index (χ0v) is 10.2. The molecule has 92 valence electrons. The minimum absolute atomic E-state index is 0.0451. The first-order valence-electron chi connectivity index (χ1n) is 5.26. The molecular formula is C9H9N7OS. The van der Waals surface area contributed by atoms with Gasteiger partial charge in [-0.1, -0.05) is 11.4 Å². The van der Waals surface area contributed by atoms with E-state index in [1.165, 1.54) is 11.5 Å². The third-order valence-corrected chi connectivity index (χ3v) is 3.26. The second kappa shape index (κ2) is 3.88. The fraction of sp³-hybridized carbons (Fsp3) is 0.222. The van der Waals surface area contributed by atoms with Gasteiger partial charge in [0, 0.05) is 0 Å². The number of aromatic amines is 2. The van der Waals surface area contributed by atoms with Crippen LogP contribution in [0.3, 0.4) is 0 Å². The van der Waals surface area contributed by atoms with E-state index in [2.05, 4.69) is 29.5 Å². The summed E-state index contributed by atoms with van der Waals surface area (Å²) in [5.74, 6) is 0.587. The number of nitrogens with two attached hydrogens (primary N) is 1. The van der Waals surface area contributed by atoms with Crippen LogP contribution in [-0.2, 0) is 6.42 Å². The van der Waals surface area contributed by atoms with E-state index in [-0.39, 0.29) is 11.5 Å². The van der Waals surface area contributed by atoms with Crippen LogP contribution in [0, 0.1) is 0 Å². The summed E-state index contributed by atoms with van der Waals surface area (Å²) in [4.78, 5) is 26.0. The Morgan fingerprint density at radius 3 is 2.94 bits per heavy atom. The molecule has 18 heavy (non-hydrogen) atoms. The van der Waals surface area contributed by atoms with Crippen molar-refractivity contribution in [2.24, 2.45) is 0 Å². The van der Waals surface area contributed by atoms with Gasteiger partial charge < -0.3 is 10.7 Å². The largest absolute Gasteiger partial charge is 0.369 e.